The topological polar surface area (TPSA) is 38.0 Å². The van der Waals surface area contributed by atoms with E-state index in [9.17, 15) is 0 Å². The third kappa shape index (κ3) is 2.60. The third-order valence-corrected chi connectivity index (χ3v) is 0.986. The fourth-order valence-electron chi connectivity index (χ4n) is 0.0722. The van der Waals surface area contributed by atoms with Crippen molar-refractivity contribution in [1.29, 1.82) is 0 Å². The minimum absolute atomic E-state index is 0.660. The summed E-state index contributed by atoms with van der Waals surface area (Å²) in [6.07, 6.45) is 0. The predicted molar refractivity (Wildman–Crippen MR) is 32.2 cm³/mol. The van der Waals surface area contributed by atoms with Gasteiger partial charge in [0.05, 0.1) is 0 Å². The number of likely N-dealkylation sites (N-methyl/N-ethyl adjacent to an activating group) is 1. The highest BCUT2D eigenvalue weighted by molar-refractivity contribution is 4.74. The molecule has 0 aliphatic heterocycles. The van der Waals surface area contributed by atoms with Crippen LogP contribution in [0.15, 0.2) is 0 Å². The Morgan fingerprint density at radius 2 is 2.29 bits per heavy atom. The van der Waals surface area contributed by atoms with Gasteiger partial charge in [-0.25, -0.2) is 0 Å². The summed E-state index contributed by atoms with van der Waals surface area (Å²) < 4.78 is 14.2. The Bertz CT molecular complexity index is 95.6. The zero-order valence-electron chi connectivity index (χ0n) is 7.08. The number of hydrogen-bond acceptors (Lipinski definition) is 2. The summed E-state index contributed by atoms with van der Waals surface area (Å²) in [6.45, 7) is 1.77. The van der Waals surface area contributed by atoms with E-state index in [0.29, 0.717) is 0 Å². The second kappa shape index (κ2) is 2.28. The molecule has 0 radical (unpaired) electrons. The molecular weight excluding hydrogens is 88.1 g/mol. The fourth-order valence-corrected chi connectivity index (χ4v) is 0.0722. The van der Waals surface area contributed by atoms with Crippen molar-refractivity contribution in [3.63, 3.8) is 0 Å². The quantitative estimate of drug-likeness (QED) is 0.515. The first-order valence-electron chi connectivity index (χ1n) is 3.29. The second-order valence-corrected chi connectivity index (χ2v) is 2.02. The van der Waals surface area contributed by atoms with Crippen molar-refractivity contribution in [1.82, 2.24) is 5.32 Å². The molecule has 0 bridgehead atoms. The summed E-state index contributed by atoms with van der Waals surface area (Å²) >= 11 is 0. The Morgan fingerprint density at radius 1 is 1.86 bits per heavy atom. The van der Waals surface area contributed by atoms with Crippen LogP contribution in [0.5, 0.6) is 0 Å². The molecule has 0 rings (SSSR count). The van der Waals surface area contributed by atoms with Crippen LogP contribution in [0, 0.1) is 0 Å². The smallest absolute Gasteiger partial charge is 0.0445 e. The average Bonchev–Trinajstić information content (AvgIpc) is 1.64. The highest BCUT2D eigenvalue weighted by Crippen LogP contribution is 1.93. The van der Waals surface area contributed by atoms with Gasteiger partial charge in [0, 0.05) is 14.8 Å². The van der Waals surface area contributed by atoms with E-state index >= 15 is 0 Å². The van der Waals surface area contributed by atoms with Crippen molar-refractivity contribution in [2.45, 2.75) is 19.4 Å². The Kier molecular flexibility index (Phi) is 1.26. The van der Waals surface area contributed by atoms with Crippen LogP contribution < -0.4 is 11.1 Å². The summed E-state index contributed by atoms with van der Waals surface area (Å²) in [5, 5.41) is 2.78. The lowest BCUT2D eigenvalue weighted by Gasteiger charge is -2.20. The van der Waals surface area contributed by atoms with E-state index in [0.717, 1.165) is 0 Å². The summed E-state index contributed by atoms with van der Waals surface area (Å²) in [5.41, 5.74) is 4.53. The molecular formula is C5H14N2. The van der Waals surface area contributed by atoms with Crippen molar-refractivity contribution in [2.75, 3.05) is 13.5 Å². The molecule has 0 saturated carbocycles. The summed E-state index contributed by atoms with van der Waals surface area (Å²) in [4.78, 5) is 0. The molecule has 0 aromatic rings. The molecule has 0 aliphatic carbocycles. The third-order valence-electron chi connectivity index (χ3n) is 0.986. The molecule has 0 unspecified atom stereocenters. The molecule has 44 valence electrons. The zero-order chi connectivity index (χ0) is 7.71. The monoisotopic (exact) mass is 104 g/mol. The predicted octanol–water partition coefficient (Wildman–Crippen LogP) is -0.0569. The lowest BCUT2D eigenvalue weighted by Crippen LogP contribution is -2.43. The largest absolute Gasteiger partial charge is 0.329 e. The van der Waals surface area contributed by atoms with Crippen LogP contribution in [0.25, 0.3) is 0 Å². The van der Waals surface area contributed by atoms with Crippen LogP contribution >= 0.6 is 0 Å². The van der Waals surface area contributed by atoms with Gasteiger partial charge in [0.1, 0.15) is 0 Å². The molecule has 0 aromatic carbocycles. The molecule has 0 amide bonds. The molecule has 2 heteroatoms. The van der Waals surface area contributed by atoms with Crippen molar-refractivity contribution in [3.8, 4) is 0 Å². The summed E-state index contributed by atoms with van der Waals surface area (Å²) in [6, 6.07) is 0. The van der Waals surface area contributed by atoms with E-state index in [4.69, 9.17) is 8.48 Å². The van der Waals surface area contributed by atoms with Gasteiger partial charge in [0.2, 0.25) is 0 Å². The maximum Gasteiger partial charge on any atom is 0.0445 e. The fraction of sp³-hybridized carbons (Fsp3) is 1.00. The minimum atomic E-state index is -1.66. The van der Waals surface area contributed by atoms with Gasteiger partial charge in [-0.3, -0.25) is 0 Å². The average molecular weight is 104 g/mol. The molecule has 0 heterocycles. The molecule has 0 saturated heterocycles. The normalized spacial score (nSPS) is 18.3. The minimum Gasteiger partial charge on any atom is -0.329 e. The van der Waals surface area contributed by atoms with Gasteiger partial charge < -0.3 is 11.1 Å². The Morgan fingerprint density at radius 3 is 2.29 bits per heavy atom. The van der Waals surface area contributed by atoms with Crippen LogP contribution in [0.3, 0.4) is 0 Å². The van der Waals surface area contributed by atoms with E-state index in [-0.39, 0.29) is 0 Å². The van der Waals surface area contributed by atoms with Gasteiger partial charge >= 0.3 is 0 Å². The Hall–Kier alpha value is -0.0800. The number of nitrogens with two attached hydrogens (primary N) is 1. The van der Waals surface area contributed by atoms with Crippen molar-refractivity contribution in [2.24, 2.45) is 5.73 Å². The van der Waals surface area contributed by atoms with Crippen LogP contribution in [0.1, 0.15) is 16.6 Å². The SMILES string of the molecule is [2H]C([2H])(N)C(C)(C)NC. The van der Waals surface area contributed by atoms with Crippen molar-refractivity contribution >= 4 is 0 Å². The second-order valence-electron chi connectivity index (χ2n) is 2.02. The van der Waals surface area contributed by atoms with E-state index in [1.807, 2.05) is 0 Å². The molecule has 0 aliphatic rings. The maximum absolute atomic E-state index is 7.12. The van der Waals surface area contributed by atoms with Crippen molar-refractivity contribution in [3.05, 3.63) is 0 Å². The Balaban J connectivity index is 4.14. The van der Waals surface area contributed by atoms with Crippen LogP contribution in [0.2, 0.25) is 0 Å². The van der Waals surface area contributed by atoms with Gasteiger partial charge in [-0.15, -0.1) is 0 Å². The first kappa shape index (κ1) is 3.87. The van der Waals surface area contributed by atoms with Crippen LogP contribution in [-0.4, -0.2) is 19.1 Å². The van der Waals surface area contributed by atoms with E-state index in [2.05, 4.69) is 5.32 Å². The molecule has 3 N–H and O–H groups in total. The van der Waals surface area contributed by atoms with Crippen molar-refractivity contribution < 1.29 is 2.74 Å². The summed E-state index contributed by atoms with van der Waals surface area (Å²) in [7, 11) is 1.69. The standard InChI is InChI=1S/C5H14N2/c1-5(2,4-6)7-3/h7H,4,6H2,1-3H3/i4D2. The van der Waals surface area contributed by atoms with E-state index < -0.39 is 12.0 Å². The van der Waals surface area contributed by atoms with Gasteiger partial charge in [0.25, 0.3) is 0 Å². The molecule has 0 aromatic heterocycles. The highest BCUT2D eigenvalue weighted by atomic mass is 14.9. The molecule has 7 heavy (non-hydrogen) atoms. The lowest BCUT2D eigenvalue weighted by molar-refractivity contribution is 0.436. The zero-order valence-corrected chi connectivity index (χ0v) is 5.08. The van der Waals surface area contributed by atoms with Gasteiger partial charge in [-0.1, -0.05) is 0 Å². The van der Waals surface area contributed by atoms with E-state index in [1.165, 1.54) is 0 Å². The first-order valence-corrected chi connectivity index (χ1v) is 2.29. The van der Waals surface area contributed by atoms with Gasteiger partial charge in [0.15, 0.2) is 0 Å². The van der Waals surface area contributed by atoms with Crippen LogP contribution in [0.4, 0.5) is 0 Å². The first-order chi connectivity index (χ1) is 3.81. The Labute approximate surface area is 47.9 Å². The highest BCUT2D eigenvalue weighted by Gasteiger charge is 2.09. The lowest BCUT2D eigenvalue weighted by atomic mass is 10.1. The van der Waals surface area contributed by atoms with Crippen LogP contribution in [-0.2, 0) is 0 Å². The number of rotatable bonds is 2. The molecule has 2 nitrogen and oxygen atoms in total. The number of nitrogens with one attached hydrogen (secondary N) is 1. The molecule has 0 spiro atoms. The molecule has 0 atom stereocenters. The molecule has 0 fully saturated rings. The maximum atomic E-state index is 7.12. The van der Waals surface area contributed by atoms with Gasteiger partial charge in [-0.2, -0.15) is 0 Å². The van der Waals surface area contributed by atoms with E-state index in [1.54, 1.807) is 20.9 Å². The van der Waals surface area contributed by atoms with Gasteiger partial charge in [-0.05, 0) is 20.9 Å². The number of hydrogen-bond donors (Lipinski definition) is 2. The summed E-state index contributed by atoms with van der Waals surface area (Å²) in [5.74, 6) is 0.